The van der Waals surface area contributed by atoms with Crippen molar-refractivity contribution in [2.24, 2.45) is 0 Å². The quantitative estimate of drug-likeness (QED) is 0.772. The lowest BCUT2D eigenvalue weighted by molar-refractivity contribution is -0.135. The van der Waals surface area contributed by atoms with Gasteiger partial charge in [0, 0.05) is 39.2 Å². The predicted octanol–water partition coefficient (Wildman–Crippen LogP) is 1.80. The Bertz CT molecular complexity index is 619. The van der Waals surface area contributed by atoms with Crippen molar-refractivity contribution >= 4 is 17.9 Å². The number of nitrogens with zero attached hydrogens (tertiary/aromatic N) is 2. The fraction of sp³-hybridized carbons (Fsp3) is 0.444. The Balaban J connectivity index is 1.99. The van der Waals surface area contributed by atoms with Crippen LogP contribution in [0.15, 0.2) is 24.3 Å². The van der Waals surface area contributed by atoms with Crippen LogP contribution in [0, 0.1) is 0 Å². The van der Waals surface area contributed by atoms with E-state index in [0.29, 0.717) is 44.3 Å². The van der Waals surface area contributed by atoms with Crippen molar-refractivity contribution < 1.29 is 19.1 Å². The molecule has 0 atom stereocenters. The van der Waals surface area contributed by atoms with Crippen molar-refractivity contribution in [3.05, 3.63) is 29.8 Å². The average Bonchev–Trinajstić information content (AvgIpc) is 2.60. The second-order valence-corrected chi connectivity index (χ2v) is 5.51. The van der Waals surface area contributed by atoms with Gasteiger partial charge >= 0.3 is 0 Å². The summed E-state index contributed by atoms with van der Waals surface area (Å²) in [5.74, 6) is 1.33. The highest BCUT2D eigenvalue weighted by Crippen LogP contribution is 2.28. The van der Waals surface area contributed by atoms with Gasteiger partial charge in [0.2, 0.25) is 11.8 Å². The van der Waals surface area contributed by atoms with Gasteiger partial charge in [-0.1, -0.05) is 6.07 Å². The molecule has 1 aromatic rings. The van der Waals surface area contributed by atoms with Crippen LogP contribution in [-0.2, 0) is 9.59 Å². The second-order valence-electron chi connectivity index (χ2n) is 5.51. The van der Waals surface area contributed by atoms with E-state index >= 15 is 0 Å². The van der Waals surface area contributed by atoms with Crippen LogP contribution in [0.3, 0.4) is 0 Å². The number of amides is 2. The molecule has 1 aromatic carbocycles. The molecule has 1 fully saturated rings. The lowest BCUT2D eigenvalue weighted by Crippen LogP contribution is -2.49. The minimum absolute atomic E-state index is 0.0491. The zero-order valence-electron chi connectivity index (χ0n) is 14.4. The van der Waals surface area contributed by atoms with Crippen LogP contribution < -0.4 is 9.47 Å². The normalized spacial score (nSPS) is 14.8. The molecule has 0 aromatic heterocycles. The van der Waals surface area contributed by atoms with Gasteiger partial charge in [0.05, 0.1) is 13.7 Å². The van der Waals surface area contributed by atoms with Crippen molar-refractivity contribution in [3.8, 4) is 11.5 Å². The van der Waals surface area contributed by atoms with Crippen molar-refractivity contribution in [1.29, 1.82) is 0 Å². The molecule has 1 aliphatic rings. The molecule has 24 heavy (non-hydrogen) atoms. The van der Waals surface area contributed by atoms with Crippen molar-refractivity contribution in [2.75, 3.05) is 39.9 Å². The molecule has 6 nitrogen and oxygen atoms in total. The van der Waals surface area contributed by atoms with Crippen LogP contribution in [0.4, 0.5) is 0 Å². The van der Waals surface area contributed by atoms with Crippen LogP contribution in [-0.4, -0.2) is 61.5 Å². The molecule has 0 spiro atoms. The number of methoxy groups -OCH3 is 1. The molecule has 0 unspecified atom stereocenters. The maximum atomic E-state index is 12.3. The van der Waals surface area contributed by atoms with Gasteiger partial charge in [-0.25, -0.2) is 0 Å². The first-order valence-corrected chi connectivity index (χ1v) is 8.08. The van der Waals surface area contributed by atoms with E-state index in [1.54, 1.807) is 36.0 Å². The Labute approximate surface area is 142 Å². The highest BCUT2D eigenvalue weighted by Gasteiger charge is 2.20. The zero-order valence-corrected chi connectivity index (χ0v) is 14.4. The molecular weight excluding hydrogens is 308 g/mol. The van der Waals surface area contributed by atoms with Crippen molar-refractivity contribution in [2.45, 2.75) is 13.8 Å². The average molecular weight is 332 g/mol. The molecule has 0 bridgehead atoms. The predicted molar refractivity (Wildman–Crippen MR) is 92.0 cm³/mol. The monoisotopic (exact) mass is 332 g/mol. The highest BCUT2D eigenvalue weighted by atomic mass is 16.5. The molecule has 1 saturated heterocycles. The van der Waals surface area contributed by atoms with Gasteiger partial charge in [-0.2, -0.15) is 0 Å². The SMILES string of the molecule is CCOc1cc(/C=C/C(=O)N2CCN(C(C)=O)CC2)ccc1OC. The standard InChI is InChI=1S/C18H24N2O4/c1-4-24-17-13-15(5-7-16(17)23-3)6-8-18(22)20-11-9-19(10-12-20)14(2)21/h5-8,13H,4,9-12H2,1-3H3/b8-6+. The van der Waals surface area contributed by atoms with E-state index in [-0.39, 0.29) is 11.8 Å². The highest BCUT2D eigenvalue weighted by molar-refractivity contribution is 5.92. The fourth-order valence-corrected chi connectivity index (χ4v) is 2.58. The number of hydrogen-bond acceptors (Lipinski definition) is 4. The van der Waals surface area contributed by atoms with Crippen LogP contribution in [0.5, 0.6) is 11.5 Å². The summed E-state index contributed by atoms with van der Waals surface area (Å²) in [5, 5.41) is 0. The minimum Gasteiger partial charge on any atom is -0.493 e. The molecule has 1 heterocycles. The third kappa shape index (κ3) is 4.50. The maximum absolute atomic E-state index is 12.3. The van der Waals surface area contributed by atoms with Crippen molar-refractivity contribution in [3.63, 3.8) is 0 Å². The largest absolute Gasteiger partial charge is 0.493 e. The molecule has 0 radical (unpaired) electrons. The number of benzene rings is 1. The third-order valence-corrected chi connectivity index (χ3v) is 3.94. The molecular formula is C18H24N2O4. The molecule has 0 N–H and O–H groups in total. The Morgan fingerprint density at radius 2 is 1.79 bits per heavy atom. The summed E-state index contributed by atoms with van der Waals surface area (Å²) >= 11 is 0. The van der Waals surface area contributed by atoms with Crippen LogP contribution in [0.1, 0.15) is 19.4 Å². The van der Waals surface area contributed by atoms with Crippen molar-refractivity contribution in [1.82, 2.24) is 9.80 Å². The number of carbonyl (C=O) groups is 2. The third-order valence-electron chi connectivity index (χ3n) is 3.94. The molecule has 130 valence electrons. The molecule has 6 heteroatoms. The first-order valence-electron chi connectivity index (χ1n) is 8.08. The first-order chi connectivity index (χ1) is 11.5. The topological polar surface area (TPSA) is 59.1 Å². The van der Waals surface area contributed by atoms with Crippen LogP contribution in [0.25, 0.3) is 6.08 Å². The lowest BCUT2D eigenvalue weighted by Gasteiger charge is -2.33. The fourth-order valence-electron chi connectivity index (χ4n) is 2.58. The second kappa shape index (κ2) is 8.38. The molecule has 0 aliphatic carbocycles. The summed E-state index contributed by atoms with van der Waals surface area (Å²) in [6.45, 7) is 6.31. The number of ether oxygens (including phenoxy) is 2. The van der Waals surface area contributed by atoms with E-state index in [1.807, 2.05) is 25.1 Å². The molecule has 2 rings (SSSR count). The summed E-state index contributed by atoms with van der Waals surface area (Å²) in [6, 6.07) is 5.54. The lowest BCUT2D eigenvalue weighted by atomic mass is 10.2. The summed E-state index contributed by atoms with van der Waals surface area (Å²) in [6.07, 6.45) is 3.32. The number of carbonyl (C=O) groups excluding carboxylic acids is 2. The van der Waals surface area contributed by atoms with E-state index in [2.05, 4.69) is 0 Å². The van der Waals surface area contributed by atoms with Gasteiger partial charge in [0.1, 0.15) is 0 Å². The summed E-state index contributed by atoms with van der Waals surface area (Å²) in [5.41, 5.74) is 0.870. The van der Waals surface area contributed by atoms with Gasteiger partial charge in [0.25, 0.3) is 0 Å². The molecule has 1 aliphatic heterocycles. The minimum atomic E-state index is -0.0491. The van der Waals surface area contributed by atoms with Gasteiger partial charge < -0.3 is 19.3 Å². The summed E-state index contributed by atoms with van der Waals surface area (Å²) < 4.78 is 10.8. The Morgan fingerprint density at radius 3 is 2.38 bits per heavy atom. The number of piperazine rings is 1. The summed E-state index contributed by atoms with van der Waals surface area (Å²) in [4.78, 5) is 27.1. The smallest absolute Gasteiger partial charge is 0.246 e. The van der Waals surface area contributed by atoms with Gasteiger partial charge in [-0.15, -0.1) is 0 Å². The molecule has 2 amide bonds. The van der Waals surface area contributed by atoms with E-state index in [1.165, 1.54) is 0 Å². The Hall–Kier alpha value is -2.50. The zero-order chi connectivity index (χ0) is 17.5. The van der Waals surface area contributed by atoms with E-state index < -0.39 is 0 Å². The number of rotatable bonds is 5. The maximum Gasteiger partial charge on any atom is 0.246 e. The van der Waals surface area contributed by atoms with Crippen LogP contribution >= 0.6 is 0 Å². The van der Waals surface area contributed by atoms with Crippen LogP contribution in [0.2, 0.25) is 0 Å². The van der Waals surface area contributed by atoms with E-state index in [4.69, 9.17) is 9.47 Å². The van der Waals surface area contributed by atoms with E-state index in [9.17, 15) is 9.59 Å². The van der Waals surface area contributed by atoms with Gasteiger partial charge in [-0.3, -0.25) is 9.59 Å². The molecule has 0 saturated carbocycles. The first kappa shape index (κ1) is 17.8. The Morgan fingerprint density at radius 1 is 1.12 bits per heavy atom. The Kier molecular flexibility index (Phi) is 6.23. The number of hydrogen-bond donors (Lipinski definition) is 0. The summed E-state index contributed by atoms with van der Waals surface area (Å²) in [7, 11) is 1.59. The van der Waals surface area contributed by atoms with Gasteiger partial charge in [0.15, 0.2) is 11.5 Å². The van der Waals surface area contributed by atoms with E-state index in [0.717, 1.165) is 5.56 Å². The van der Waals surface area contributed by atoms with Gasteiger partial charge in [-0.05, 0) is 30.7 Å².